The standard InChI is InChI=1S/C9H13F3N4OS/c1-4(17)5(2)18-7-3-6(9(10,11)12)14-8(15-7)16-13/h3-5,17H,13H2,1-2H3,(H,14,15,16). The Labute approximate surface area is 106 Å². The number of aromatic nitrogens is 2. The second kappa shape index (κ2) is 5.72. The molecular weight excluding hydrogens is 269 g/mol. The van der Waals surface area contributed by atoms with Gasteiger partial charge in [0.15, 0.2) is 5.69 Å². The lowest BCUT2D eigenvalue weighted by Gasteiger charge is -2.15. The Kier molecular flexibility index (Phi) is 4.77. The third-order valence-electron chi connectivity index (χ3n) is 2.11. The zero-order valence-electron chi connectivity index (χ0n) is 9.69. The normalized spacial score (nSPS) is 15.3. The Hall–Kier alpha value is -1.06. The van der Waals surface area contributed by atoms with Crippen LogP contribution < -0.4 is 11.3 Å². The summed E-state index contributed by atoms with van der Waals surface area (Å²) in [5.41, 5.74) is 0.906. The minimum Gasteiger partial charge on any atom is -0.392 e. The molecule has 4 N–H and O–H groups in total. The second-order valence-corrected chi connectivity index (χ2v) is 5.02. The number of halogens is 3. The number of nitrogens with two attached hydrogens (primary N) is 1. The van der Waals surface area contributed by atoms with Gasteiger partial charge in [0.2, 0.25) is 5.95 Å². The number of alkyl halides is 3. The average Bonchev–Trinajstić information content (AvgIpc) is 2.27. The van der Waals surface area contributed by atoms with E-state index < -0.39 is 18.0 Å². The van der Waals surface area contributed by atoms with E-state index in [4.69, 9.17) is 5.84 Å². The van der Waals surface area contributed by atoms with Crippen LogP contribution in [0, 0.1) is 0 Å². The van der Waals surface area contributed by atoms with E-state index in [1.807, 2.05) is 5.43 Å². The summed E-state index contributed by atoms with van der Waals surface area (Å²) >= 11 is 1.01. The van der Waals surface area contributed by atoms with Crippen molar-refractivity contribution >= 4 is 17.7 Å². The molecule has 1 rings (SSSR count). The first-order valence-corrected chi connectivity index (χ1v) is 5.89. The van der Waals surface area contributed by atoms with Crippen molar-refractivity contribution in [1.82, 2.24) is 9.97 Å². The van der Waals surface area contributed by atoms with Gasteiger partial charge in [-0.3, -0.25) is 5.43 Å². The van der Waals surface area contributed by atoms with Gasteiger partial charge in [-0.2, -0.15) is 13.2 Å². The maximum atomic E-state index is 12.6. The lowest BCUT2D eigenvalue weighted by Crippen LogP contribution is -2.18. The quantitative estimate of drug-likeness (QED) is 0.337. The fourth-order valence-corrected chi connectivity index (χ4v) is 1.88. The molecule has 0 aromatic carbocycles. The van der Waals surface area contributed by atoms with Crippen LogP contribution >= 0.6 is 11.8 Å². The van der Waals surface area contributed by atoms with Crippen LogP contribution in [0.1, 0.15) is 19.5 Å². The number of nitrogen functional groups attached to an aromatic ring is 1. The predicted octanol–water partition coefficient (Wildman–Crippen LogP) is 1.64. The molecule has 1 aromatic rings. The zero-order chi connectivity index (χ0) is 13.9. The van der Waals surface area contributed by atoms with Crippen molar-refractivity contribution in [1.29, 1.82) is 0 Å². The molecule has 0 aliphatic carbocycles. The first-order valence-electron chi connectivity index (χ1n) is 5.01. The monoisotopic (exact) mass is 282 g/mol. The van der Waals surface area contributed by atoms with Gasteiger partial charge >= 0.3 is 6.18 Å². The van der Waals surface area contributed by atoms with E-state index in [2.05, 4.69) is 9.97 Å². The summed E-state index contributed by atoms with van der Waals surface area (Å²) in [7, 11) is 0. The van der Waals surface area contributed by atoms with Crippen LogP contribution in [-0.2, 0) is 6.18 Å². The Bertz CT molecular complexity index is 413. The van der Waals surface area contributed by atoms with Gasteiger partial charge < -0.3 is 5.11 Å². The van der Waals surface area contributed by atoms with E-state index in [0.717, 1.165) is 17.8 Å². The van der Waals surface area contributed by atoms with Gasteiger partial charge in [-0.25, -0.2) is 15.8 Å². The number of nitrogens with zero attached hydrogens (tertiary/aromatic N) is 2. The molecule has 0 saturated heterocycles. The van der Waals surface area contributed by atoms with Crippen molar-refractivity contribution in [3.63, 3.8) is 0 Å². The van der Waals surface area contributed by atoms with Crippen molar-refractivity contribution in [2.24, 2.45) is 5.84 Å². The molecule has 0 amide bonds. The van der Waals surface area contributed by atoms with Gasteiger partial charge in [-0.1, -0.05) is 6.92 Å². The van der Waals surface area contributed by atoms with Crippen LogP contribution in [0.15, 0.2) is 11.1 Å². The summed E-state index contributed by atoms with van der Waals surface area (Å²) in [6, 6.07) is 0.824. The number of aliphatic hydroxyl groups excluding tert-OH is 1. The molecule has 1 aromatic heterocycles. The van der Waals surface area contributed by atoms with Crippen molar-refractivity contribution < 1.29 is 18.3 Å². The van der Waals surface area contributed by atoms with Crippen molar-refractivity contribution in [2.75, 3.05) is 5.43 Å². The van der Waals surface area contributed by atoms with Crippen LogP contribution in [0.25, 0.3) is 0 Å². The number of rotatable bonds is 4. The first kappa shape index (κ1) is 15.0. The minimum absolute atomic E-state index is 0.0960. The van der Waals surface area contributed by atoms with Gasteiger partial charge in [0.05, 0.1) is 6.10 Å². The summed E-state index contributed by atoms with van der Waals surface area (Å²) in [4.78, 5) is 7.02. The van der Waals surface area contributed by atoms with Crippen LogP contribution in [0.2, 0.25) is 0 Å². The molecule has 5 nitrogen and oxygen atoms in total. The average molecular weight is 282 g/mol. The van der Waals surface area contributed by atoms with Crippen LogP contribution in [-0.4, -0.2) is 26.4 Å². The Morgan fingerprint density at radius 3 is 2.44 bits per heavy atom. The number of anilines is 1. The van der Waals surface area contributed by atoms with E-state index in [9.17, 15) is 18.3 Å². The summed E-state index contributed by atoms with van der Waals surface area (Å²) in [6.45, 7) is 3.23. The van der Waals surface area contributed by atoms with Crippen LogP contribution in [0.5, 0.6) is 0 Å². The summed E-state index contributed by atoms with van der Waals surface area (Å²) < 4.78 is 37.7. The van der Waals surface area contributed by atoms with Gasteiger partial charge in [0.25, 0.3) is 0 Å². The molecule has 0 aliphatic heterocycles. The molecule has 102 valence electrons. The number of thioether (sulfide) groups is 1. The number of hydrazine groups is 1. The fourth-order valence-electron chi connectivity index (χ4n) is 0.984. The summed E-state index contributed by atoms with van der Waals surface area (Å²) in [5.74, 6) is 4.71. The highest BCUT2D eigenvalue weighted by molar-refractivity contribution is 7.99. The smallest absolute Gasteiger partial charge is 0.392 e. The highest BCUT2D eigenvalue weighted by Gasteiger charge is 2.34. The highest BCUT2D eigenvalue weighted by Crippen LogP contribution is 2.32. The van der Waals surface area contributed by atoms with E-state index in [0.29, 0.717) is 0 Å². The van der Waals surface area contributed by atoms with E-state index in [1.165, 1.54) is 0 Å². The van der Waals surface area contributed by atoms with Gasteiger partial charge in [-0.05, 0) is 6.92 Å². The SMILES string of the molecule is CC(O)C(C)Sc1cc(C(F)(F)F)nc(NN)n1. The predicted molar refractivity (Wildman–Crippen MR) is 61.8 cm³/mol. The Balaban J connectivity index is 3.05. The first-order chi connectivity index (χ1) is 8.24. The molecule has 0 radical (unpaired) electrons. The minimum atomic E-state index is -4.57. The van der Waals surface area contributed by atoms with Gasteiger partial charge in [-0.15, -0.1) is 11.8 Å². The summed E-state index contributed by atoms with van der Waals surface area (Å²) in [5, 5.41) is 9.11. The van der Waals surface area contributed by atoms with Gasteiger partial charge in [0.1, 0.15) is 5.03 Å². The van der Waals surface area contributed by atoms with Crippen molar-refractivity contribution in [2.45, 2.75) is 36.4 Å². The lowest BCUT2D eigenvalue weighted by molar-refractivity contribution is -0.141. The number of nitrogens with one attached hydrogen (secondary N) is 1. The van der Waals surface area contributed by atoms with Crippen LogP contribution in [0.3, 0.4) is 0 Å². The van der Waals surface area contributed by atoms with Crippen LogP contribution in [0.4, 0.5) is 19.1 Å². The summed E-state index contributed by atoms with van der Waals surface area (Å²) in [6.07, 6.45) is -5.24. The molecule has 0 spiro atoms. The molecule has 18 heavy (non-hydrogen) atoms. The molecule has 9 heteroatoms. The maximum Gasteiger partial charge on any atom is 0.433 e. The lowest BCUT2D eigenvalue weighted by atomic mass is 10.3. The molecule has 2 atom stereocenters. The van der Waals surface area contributed by atoms with Crippen molar-refractivity contribution in [3.05, 3.63) is 11.8 Å². The van der Waals surface area contributed by atoms with E-state index in [-0.39, 0.29) is 16.2 Å². The molecule has 0 fully saturated rings. The molecule has 1 heterocycles. The molecule has 0 saturated carbocycles. The third-order valence-corrected chi connectivity index (χ3v) is 3.32. The van der Waals surface area contributed by atoms with E-state index >= 15 is 0 Å². The Morgan fingerprint density at radius 2 is 2.00 bits per heavy atom. The molecule has 0 aliphatic rings. The number of hydrogen-bond donors (Lipinski definition) is 3. The molecule has 0 bridgehead atoms. The number of aliphatic hydroxyl groups is 1. The highest BCUT2D eigenvalue weighted by atomic mass is 32.2. The maximum absolute atomic E-state index is 12.6. The number of hydrogen-bond acceptors (Lipinski definition) is 6. The topological polar surface area (TPSA) is 84.1 Å². The van der Waals surface area contributed by atoms with Crippen molar-refractivity contribution in [3.8, 4) is 0 Å². The Morgan fingerprint density at radius 1 is 1.39 bits per heavy atom. The largest absolute Gasteiger partial charge is 0.433 e. The molecular formula is C9H13F3N4OS. The van der Waals surface area contributed by atoms with Gasteiger partial charge in [0, 0.05) is 11.3 Å². The zero-order valence-corrected chi connectivity index (χ0v) is 10.5. The fraction of sp³-hybridized carbons (Fsp3) is 0.556. The third kappa shape index (κ3) is 4.00. The molecule has 2 unspecified atom stereocenters. The second-order valence-electron chi connectivity index (χ2n) is 3.62. The van der Waals surface area contributed by atoms with E-state index in [1.54, 1.807) is 13.8 Å².